The van der Waals surface area contributed by atoms with Gasteiger partial charge in [-0.2, -0.15) is 0 Å². The van der Waals surface area contributed by atoms with E-state index >= 15 is 0 Å². The van der Waals surface area contributed by atoms with Gasteiger partial charge < -0.3 is 9.88 Å². The van der Waals surface area contributed by atoms with Crippen LogP contribution in [-0.2, 0) is 16.0 Å². The Morgan fingerprint density at radius 2 is 2.09 bits per heavy atom. The molecule has 0 spiro atoms. The number of benzene rings is 1. The summed E-state index contributed by atoms with van der Waals surface area (Å²) in [5.41, 5.74) is 3.47. The summed E-state index contributed by atoms with van der Waals surface area (Å²) in [6, 6.07) is 8.42. The van der Waals surface area contributed by atoms with E-state index in [0.29, 0.717) is 6.42 Å². The molecule has 3 atom stereocenters. The minimum atomic E-state index is -0.408. The van der Waals surface area contributed by atoms with Crippen LogP contribution in [0.5, 0.6) is 0 Å². The highest BCUT2D eigenvalue weighted by molar-refractivity contribution is 6.06. The van der Waals surface area contributed by atoms with Gasteiger partial charge in [0.05, 0.1) is 6.04 Å². The first-order valence-electron chi connectivity index (χ1n) is 8.60. The van der Waals surface area contributed by atoms with Gasteiger partial charge in [-0.3, -0.25) is 9.59 Å². The van der Waals surface area contributed by atoms with Gasteiger partial charge in [-0.25, -0.2) is 0 Å². The molecule has 1 aromatic carbocycles. The van der Waals surface area contributed by atoms with Crippen molar-refractivity contribution in [1.82, 2.24) is 9.88 Å². The summed E-state index contributed by atoms with van der Waals surface area (Å²) >= 11 is 0. The molecule has 0 radical (unpaired) electrons. The highest BCUT2D eigenvalue weighted by Crippen LogP contribution is 2.61. The first kappa shape index (κ1) is 13.3. The van der Waals surface area contributed by atoms with Crippen molar-refractivity contribution < 1.29 is 9.59 Å². The van der Waals surface area contributed by atoms with Crippen LogP contribution in [0.3, 0.4) is 0 Å². The summed E-state index contributed by atoms with van der Waals surface area (Å²) in [5, 5.41) is 1.27. The Labute approximate surface area is 134 Å². The molecule has 4 nitrogen and oxygen atoms in total. The van der Waals surface area contributed by atoms with E-state index in [1.807, 2.05) is 11.0 Å². The molecule has 5 rings (SSSR count). The van der Waals surface area contributed by atoms with Crippen molar-refractivity contribution in [2.45, 2.75) is 38.6 Å². The number of ketones is 1. The van der Waals surface area contributed by atoms with Crippen molar-refractivity contribution >= 4 is 22.6 Å². The van der Waals surface area contributed by atoms with Crippen molar-refractivity contribution in [3.8, 4) is 0 Å². The lowest BCUT2D eigenvalue weighted by atomic mass is 9.70. The molecule has 2 aliphatic heterocycles. The fourth-order valence-electron chi connectivity index (χ4n) is 5.46. The maximum Gasteiger partial charge on any atom is 0.234 e. The van der Waals surface area contributed by atoms with E-state index in [0.717, 1.165) is 31.3 Å². The Bertz CT molecular complexity index is 852. The SMILES string of the molecule is CC[C@]12CCC(=O)[C@H]1C(=O)N1CCc3c([nH]c4ccccc34)[C@H]12. The average Bonchev–Trinajstić information content (AvgIpc) is 3.18. The Hall–Kier alpha value is -2.10. The van der Waals surface area contributed by atoms with Crippen molar-refractivity contribution in [3.05, 3.63) is 35.5 Å². The van der Waals surface area contributed by atoms with E-state index in [1.54, 1.807) is 0 Å². The Morgan fingerprint density at radius 3 is 2.91 bits per heavy atom. The number of carbonyl (C=O) groups is 2. The molecule has 23 heavy (non-hydrogen) atoms. The molecule has 2 aromatic rings. The number of hydrogen-bond acceptors (Lipinski definition) is 2. The van der Waals surface area contributed by atoms with Crippen LogP contribution in [0.2, 0.25) is 0 Å². The van der Waals surface area contributed by atoms with Gasteiger partial charge in [0.2, 0.25) is 5.91 Å². The van der Waals surface area contributed by atoms with Gasteiger partial charge in [0, 0.05) is 35.0 Å². The Morgan fingerprint density at radius 1 is 1.26 bits per heavy atom. The summed E-state index contributed by atoms with van der Waals surface area (Å²) in [7, 11) is 0. The van der Waals surface area contributed by atoms with Crippen molar-refractivity contribution in [2.75, 3.05) is 6.54 Å². The topological polar surface area (TPSA) is 53.2 Å². The lowest BCUT2D eigenvalue weighted by molar-refractivity contribution is -0.137. The molecule has 1 aromatic heterocycles. The average molecular weight is 308 g/mol. The number of fused-ring (bicyclic) bond motifs is 7. The van der Waals surface area contributed by atoms with Gasteiger partial charge in [-0.1, -0.05) is 25.1 Å². The van der Waals surface area contributed by atoms with Gasteiger partial charge >= 0.3 is 0 Å². The minimum absolute atomic E-state index is 0.0487. The predicted molar refractivity (Wildman–Crippen MR) is 86.9 cm³/mol. The second-order valence-electron chi connectivity index (χ2n) is 7.23. The van der Waals surface area contributed by atoms with E-state index in [-0.39, 0.29) is 23.1 Å². The van der Waals surface area contributed by atoms with Crippen molar-refractivity contribution in [2.24, 2.45) is 11.3 Å². The van der Waals surface area contributed by atoms with Gasteiger partial charge in [0.1, 0.15) is 11.7 Å². The fraction of sp³-hybridized carbons (Fsp3) is 0.474. The van der Waals surface area contributed by atoms with Crippen LogP contribution in [0.4, 0.5) is 0 Å². The number of para-hydroxylation sites is 1. The first-order valence-corrected chi connectivity index (χ1v) is 8.60. The van der Waals surface area contributed by atoms with Crippen LogP contribution < -0.4 is 0 Å². The second-order valence-corrected chi connectivity index (χ2v) is 7.23. The highest BCUT2D eigenvalue weighted by Gasteiger charge is 2.65. The smallest absolute Gasteiger partial charge is 0.234 e. The number of aromatic amines is 1. The summed E-state index contributed by atoms with van der Waals surface area (Å²) < 4.78 is 0. The third-order valence-corrected chi connectivity index (χ3v) is 6.50. The zero-order valence-electron chi connectivity index (χ0n) is 13.3. The molecule has 4 heteroatoms. The third-order valence-electron chi connectivity index (χ3n) is 6.50. The first-order chi connectivity index (χ1) is 11.2. The highest BCUT2D eigenvalue weighted by atomic mass is 16.2. The molecule has 2 fully saturated rings. The number of nitrogens with one attached hydrogen (secondary N) is 1. The van der Waals surface area contributed by atoms with Crippen LogP contribution in [-0.4, -0.2) is 28.1 Å². The van der Waals surface area contributed by atoms with Gasteiger partial charge in [-0.15, -0.1) is 0 Å². The van der Waals surface area contributed by atoms with E-state index in [2.05, 4.69) is 30.1 Å². The minimum Gasteiger partial charge on any atom is -0.356 e. The van der Waals surface area contributed by atoms with Crippen LogP contribution in [0.25, 0.3) is 10.9 Å². The molecular weight excluding hydrogens is 288 g/mol. The van der Waals surface area contributed by atoms with E-state index in [1.165, 1.54) is 16.6 Å². The maximum absolute atomic E-state index is 12.9. The summed E-state index contributed by atoms with van der Waals surface area (Å²) in [5.74, 6) is -0.178. The van der Waals surface area contributed by atoms with Crippen molar-refractivity contribution in [1.29, 1.82) is 0 Å². The van der Waals surface area contributed by atoms with Crippen LogP contribution in [0, 0.1) is 11.3 Å². The molecule has 1 amide bonds. The normalized spacial score (nSPS) is 32.3. The molecule has 118 valence electrons. The number of aromatic nitrogens is 1. The zero-order chi connectivity index (χ0) is 15.8. The monoisotopic (exact) mass is 308 g/mol. The number of hydrogen-bond donors (Lipinski definition) is 1. The molecule has 3 heterocycles. The number of rotatable bonds is 1. The molecule has 0 unspecified atom stereocenters. The summed E-state index contributed by atoms with van der Waals surface area (Å²) in [6.45, 7) is 2.88. The summed E-state index contributed by atoms with van der Waals surface area (Å²) in [6.07, 6.45) is 3.16. The van der Waals surface area contributed by atoms with E-state index < -0.39 is 5.92 Å². The molecule has 1 saturated carbocycles. The number of carbonyl (C=O) groups excluding carboxylic acids is 2. The molecule has 1 N–H and O–H groups in total. The van der Waals surface area contributed by atoms with Gasteiger partial charge in [0.15, 0.2) is 0 Å². The molecular formula is C19H20N2O2. The lowest BCUT2D eigenvalue weighted by Crippen LogP contribution is -2.38. The van der Waals surface area contributed by atoms with Gasteiger partial charge in [0.25, 0.3) is 0 Å². The Kier molecular flexibility index (Phi) is 2.47. The Balaban J connectivity index is 1.77. The van der Waals surface area contributed by atoms with Crippen molar-refractivity contribution in [3.63, 3.8) is 0 Å². The van der Waals surface area contributed by atoms with Gasteiger partial charge in [-0.05, 0) is 30.9 Å². The zero-order valence-corrected chi connectivity index (χ0v) is 13.3. The van der Waals surface area contributed by atoms with Crippen LogP contribution >= 0.6 is 0 Å². The standard InChI is InChI=1S/C19H20N2O2/c1-2-19-9-7-14(22)15(19)18(23)21-10-8-12-11-5-3-4-6-13(11)20-16(12)17(19)21/h3-6,15,17,20H,2,7-10H2,1H3/t15-,17-,19-/m0/s1. The van der Waals surface area contributed by atoms with E-state index in [9.17, 15) is 9.59 Å². The van der Waals surface area contributed by atoms with Crippen LogP contribution in [0.1, 0.15) is 43.5 Å². The maximum atomic E-state index is 12.9. The third kappa shape index (κ3) is 1.42. The lowest BCUT2D eigenvalue weighted by Gasteiger charge is -2.39. The molecule has 0 bridgehead atoms. The number of amides is 1. The second kappa shape index (κ2) is 4.25. The van der Waals surface area contributed by atoms with E-state index in [4.69, 9.17) is 0 Å². The molecule has 1 saturated heterocycles. The number of Topliss-reactive ketones (excluding diaryl/α,β-unsaturated/α-hetero) is 1. The quantitative estimate of drug-likeness (QED) is 0.823. The number of H-pyrrole nitrogens is 1. The summed E-state index contributed by atoms with van der Waals surface area (Å²) in [4.78, 5) is 30.9. The fourth-order valence-corrected chi connectivity index (χ4v) is 5.46. The predicted octanol–water partition coefficient (Wildman–Crippen LogP) is 2.98. The largest absolute Gasteiger partial charge is 0.356 e. The number of nitrogens with zero attached hydrogens (tertiary/aromatic N) is 1. The molecule has 3 aliphatic rings. The van der Waals surface area contributed by atoms with Crippen LogP contribution in [0.15, 0.2) is 24.3 Å². The molecule has 1 aliphatic carbocycles.